The average molecular weight is 233 g/mol. The van der Waals surface area contributed by atoms with Gasteiger partial charge in [0, 0.05) is 23.4 Å². The van der Waals surface area contributed by atoms with Crippen molar-refractivity contribution in [3.05, 3.63) is 34.2 Å². The number of fused-ring (bicyclic) bond motifs is 1. The first-order chi connectivity index (χ1) is 8.31. The van der Waals surface area contributed by atoms with E-state index < -0.39 is 0 Å². The first-order valence-corrected chi connectivity index (χ1v) is 5.25. The maximum atomic E-state index is 11.8. The number of nitrogens with zero attached hydrogens (tertiary/aromatic N) is 3. The van der Waals surface area contributed by atoms with E-state index in [1.54, 1.807) is 18.2 Å². The smallest absolute Gasteiger partial charge is 0.231 e. The van der Waals surface area contributed by atoms with Crippen LogP contribution in [-0.4, -0.2) is 19.1 Å². The molecule has 6 nitrogen and oxygen atoms in total. The van der Waals surface area contributed by atoms with Crippen LogP contribution >= 0.6 is 0 Å². The molecule has 0 bridgehead atoms. The van der Waals surface area contributed by atoms with Gasteiger partial charge in [-0.3, -0.25) is 4.79 Å². The monoisotopic (exact) mass is 233 g/mol. The Bertz CT molecular complexity index is 481. The molecule has 0 aliphatic carbocycles. The molecule has 0 amide bonds. The molecule has 0 N–H and O–H groups in total. The van der Waals surface area contributed by atoms with Crippen molar-refractivity contribution >= 4 is 5.78 Å². The van der Waals surface area contributed by atoms with Gasteiger partial charge in [-0.05, 0) is 30.2 Å². The molecule has 6 heteroatoms. The predicted octanol–water partition coefficient (Wildman–Crippen LogP) is 2.69. The number of benzene rings is 1. The van der Waals surface area contributed by atoms with Gasteiger partial charge in [0.2, 0.25) is 6.79 Å². The van der Waals surface area contributed by atoms with Crippen LogP contribution in [0, 0.1) is 0 Å². The molecule has 1 aliphatic rings. The Hall–Kier alpha value is -2.20. The zero-order valence-electron chi connectivity index (χ0n) is 9.13. The van der Waals surface area contributed by atoms with Crippen LogP contribution in [0.5, 0.6) is 11.5 Å². The summed E-state index contributed by atoms with van der Waals surface area (Å²) in [5.74, 6) is 1.28. The van der Waals surface area contributed by atoms with Gasteiger partial charge >= 0.3 is 0 Å². The van der Waals surface area contributed by atoms with Crippen LogP contribution in [-0.2, 0) is 0 Å². The number of ether oxygens (including phenoxy) is 2. The topological polar surface area (TPSA) is 84.3 Å². The number of Topliss-reactive ketones (excluding diaryl/α,β-unsaturated/α-hetero) is 1. The second kappa shape index (κ2) is 5.23. The van der Waals surface area contributed by atoms with Gasteiger partial charge in [-0.2, -0.15) is 0 Å². The Kier molecular flexibility index (Phi) is 3.47. The number of azide groups is 1. The van der Waals surface area contributed by atoms with E-state index in [1.165, 1.54) is 0 Å². The second-order valence-electron chi connectivity index (χ2n) is 3.55. The van der Waals surface area contributed by atoms with Crippen LogP contribution in [0.1, 0.15) is 23.2 Å². The van der Waals surface area contributed by atoms with Crippen molar-refractivity contribution in [1.29, 1.82) is 0 Å². The average Bonchev–Trinajstić information content (AvgIpc) is 2.81. The van der Waals surface area contributed by atoms with Crippen molar-refractivity contribution in [1.82, 2.24) is 0 Å². The van der Waals surface area contributed by atoms with Crippen LogP contribution in [0.15, 0.2) is 23.3 Å². The van der Waals surface area contributed by atoms with Crippen LogP contribution in [0.25, 0.3) is 10.4 Å². The zero-order chi connectivity index (χ0) is 12.1. The molecule has 0 aromatic heterocycles. The molecular formula is C11H11N3O3. The molecule has 0 fully saturated rings. The molecule has 17 heavy (non-hydrogen) atoms. The van der Waals surface area contributed by atoms with Gasteiger partial charge in [0.25, 0.3) is 0 Å². The standard InChI is InChI=1S/C11H11N3O3/c12-14-13-5-1-2-9(15)8-3-4-10-11(6-8)17-7-16-10/h3-4,6H,1-2,5,7H2. The molecule has 0 saturated heterocycles. The van der Waals surface area contributed by atoms with Gasteiger partial charge in [-0.25, -0.2) is 0 Å². The minimum absolute atomic E-state index is 0.0106. The summed E-state index contributed by atoms with van der Waals surface area (Å²) in [6.45, 7) is 0.538. The van der Waals surface area contributed by atoms with E-state index in [2.05, 4.69) is 10.0 Å². The fraction of sp³-hybridized carbons (Fsp3) is 0.364. The summed E-state index contributed by atoms with van der Waals surface area (Å²) in [7, 11) is 0. The van der Waals surface area contributed by atoms with Gasteiger partial charge in [0.05, 0.1) is 0 Å². The number of hydrogen-bond acceptors (Lipinski definition) is 4. The van der Waals surface area contributed by atoms with Crippen molar-refractivity contribution in [2.45, 2.75) is 12.8 Å². The van der Waals surface area contributed by atoms with Gasteiger partial charge in [0.15, 0.2) is 17.3 Å². The largest absolute Gasteiger partial charge is 0.454 e. The minimum Gasteiger partial charge on any atom is -0.454 e. The first-order valence-electron chi connectivity index (χ1n) is 5.25. The fourth-order valence-corrected chi connectivity index (χ4v) is 1.57. The summed E-state index contributed by atoms with van der Waals surface area (Å²) in [5, 5.41) is 3.38. The van der Waals surface area contributed by atoms with E-state index in [-0.39, 0.29) is 12.6 Å². The molecule has 0 unspecified atom stereocenters. The Labute approximate surface area is 97.8 Å². The number of rotatable bonds is 5. The first kappa shape index (κ1) is 11.3. The summed E-state index contributed by atoms with van der Waals surface area (Å²) in [5.41, 5.74) is 8.69. The highest BCUT2D eigenvalue weighted by molar-refractivity contribution is 5.96. The van der Waals surface area contributed by atoms with Crippen LogP contribution < -0.4 is 9.47 Å². The lowest BCUT2D eigenvalue weighted by molar-refractivity contribution is 0.0980. The van der Waals surface area contributed by atoms with E-state index >= 15 is 0 Å². The maximum absolute atomic E-state index is 11.8. The second-order valence-corrected chi connectivity index (χ2v) is 3.55. The molecule has 1 heterocycles. The molecular weight excluding hydrogens is 222 g/mol. The lowest BCUT2D eigenvalue weighted by Gasteiger charge is -2.01. The summed E-state index contributed by atoms with van der Waals surface area (Å²) >= 11 is 0. The molecule has 0 saturated carbocycles. The number of carbonyl (C=O) groups excluding carboxylic acids is 1. The van der Waals surface area contributed by atoms with Gasteiger partial charge in [-0.1, -0.05) is 5.11 Å². The molecule has 2 rings (SSSR count). The van der Waals surface area contributed by atoms with E-state index in [1.807, 2.05) is 0 Å². The number of hydrogen-bond donors (Lipinski definition) is 0. The quantitative estimate of drug-likeness (QED) is 0.257. The molecule has 88 valence electrons. The highest BCUT2D eigenvalue weighted by Gasteiger charge is 2.15. The third-order valence-corrected chi connectivity index (χ3v) is 2.42. The highest BCUT2D eigenvalue weighted by atomic mass is 16.7. The fourth-order valence-electron chi connectivity index (χ4n) is 1.57. The van der Waals surface area contributed by atoms with Gasteiger partial charge < -0.3 is 9.47 Å². The normalized spacial score (nSPS) is 12.0. The lowest BCUT2D eigenvalue weighted by Crippen LogP contribution is -1.99. The zero-order valence-corrected chi connectivity index (χ0v) is 9.13. The van der Waals surface area contributed by atoms with Crippen molar-refractivity contribution in [2.24, 2.45) is 5.11 Å². The number of ketones is 1. The minimum atomic E-state index is 0.0106. The Balaban J connectivity index is 1.97. The van der Waals surface area contributed by atoms with Crippen molar-refractivity contribution in [3.63, 3.8) is 0 Å². The van der Waals surface area contributed by atoms with Crippen molar-refractivity contribution in [3.8, 4) is 11.5 Å². The third-order valence-electron chi connectivity index (χ3n) is 2.42. The lowest BCUT2D eigenvalue weighted by atomic mass is 10.1. The van der Waals surface area contributed by atoms with E-state index in [0.29, 0.717) is 36.4 Å². The molecule has 1 aromatic rings. The van der Waals surface area contributed by atoms with E-state index in [9.17, 15) is 4.79 Å². The third kappa shape index (κ3) is 2.68. The van der Waals surface area contributed by atoms with E-state index in [0.717, 1.165) is 0 Å². The summed E-state index contributed by atoms with van der Waals surface area (Å²) in [6, 6.07) is 5.12. The Morgan fingerprint density at radius 1 is 1.41 bits per heavy atom. The molecule has 0 spiro atoms. The van der Waals surface area contributed by atoms with Crippen molar-refractivity contribution < 1.29 is 14.3 Å². The van der Waals surface area contributed by atoms with Gasteiger partial charge in [-0.15, -0.1) is 0 Å². The molecule has 1 aromatic carbocycles. The number of carbonyl (C=O) groups is 1. The molecule has 0 atom stereocenters. The van der Waals surface area contributed by atoms with Crippen LogP contribution in [0.2, 0.25) is 0 Å². The molecule has 0 radical (unpaired) electrons. The summed E-state index contributed by atoms with van der Waals surface area (Å²) in [4.78, 5) is 14.4. The maximum Gasteiger partial charge on any atom is 0.231 e. The summed E-state index contributed by atoms with van der Waals surface area (Å²) < 4.78 is 10.3. The van der Waals surface area contributed by atoms with Crippen LogP contribution in [0.4, 0.5) is 0 Å². The summed E-state index contributed by atoms with van der Waals surface area (Å²) in [6.07, 6.45) is 0.913. The van der Waals surface area contributed by atoms with E-state index in [4.69, 9.17) is 15.0 Å². The highest BCUT2D eigenvalue weighted by Crippen LogP contribution is 2.32. The Morgan fingerprint density at radius 3 is 3.06 bits per heavy atom. The SMILES string of the molecule is [N-]=[N+]=NCCCC(=O)c1ccc2c(c1)OCO2. The molecule has 1 aliphatic heterocycles. The van der Waals surface area contributed by atoms with Gasteiger partial charge in [0.1, 0.15) is 0 Å². The Morgan fingerprint density at radius 2 is 2.24 bits per heavy atom. The van der Waals surface area contributed by atoms with Crippen molar-refractivity contribution in [2.75, 3.05) is 13.3 Å². The predicted molar refractivity (Wildman–Crippen MR) is 60.1 cm³/mol. The van der Waals surface area contributed by atoms with Crippen LogP contribution in [0.3, 0.4) is 0 Å².